The van der Waals surface area contributed by atoms with Crippen molar-refractivity contribution in [3.63, 3.8) is 0 Å². The maximum Gasteiger partial charge on any atom is 0.293 e. The Kier molecular flexibility index (Phi) is 5.39. The van der Waals surface area contributed by atoms with Crippen molar-refractivity contribution in [2.75, 3.05) is 10.6 Å². The first kappa shape index (κ1) is 18.9. The molecule has 0 unspecified atom stereocenters. The first-order valence-electron chi connectivity index (χ1n) is 9.07. The molecule has 1 aliphatic carbocycles. The standard InChI is InChI=1S/C20H18N4O4S/c25-17(23-15-5-2-1-4-14(15)18(26)21-12-7-8-12)10-13-11-29-20(22-13)24-19(27)16-6-3-9-28-16/h1-6,9,11-12H,7-8,10H2,(H,21,26)(H,23,25)(H,22,24,27). The fourth-order valence-corrected chi connectivity index (χ4v) is 3.36. The van der Waals surface area contributed by atoms with Gasteiger partial charge < -0.3 is 15.1 Å². The molecular weight excluding hydrogens is 392 g/mol. The van der Waals surface area contributed by atoms with Crippen molar-refractivity contribution in [3.05, 3.63) is 65.1 Å². The number of hydrogen-bond donors (Lipinski definition) is 3. The molecule has 3 N–H and O–H groups in total. The Balaban J connectivity index is 1.36. The summed E-state index contributed by atoms with van der Waals surface area (Å²) in [5, 5.41) is 10.4. The third-order valence-electron chi connectivity index (χ3n) is 4.22. The topological polar surface area (TPSA) is 113 Å². The van der Waals surface area contributed by atoms with Gasteiger partial charge >= 0.3 is 0 Å². The summed E-state index contributed by atoms with van der Waals surface area (Å²) in [5.41, 5.74) is 1.40. The van der Waals surface area contributed by atoms with Gasteiger partial charge in [0.25, 0.3) is 11.8 Å². The van der Waals surface area contributed by atoms with Crippen LogP contribution in [0.3, 0.4) is 0 Å². The lowest BCUT2D eigenvalue weighted by Crippen LogP contribution is -2.27. The molecule has 1 aromatic carbocycles. The second-order valence-electron chi connectivity index (χ2n) is 6.59. The van der Waals surface area contributed by atoms with Crippen LogP contribution in [-0.4, -0.2) is 28.7 Å². The number of benzene rings is 1. The summed E-state index contributed by atoms with van der Waals surface area (Å²) in [6, 6.07) is 10.3. The highest BCUT2D eigenvalue weighted by Gasteiger charge is 2.25. The first-order chi connectivity index (χ1) is 14.1. The molecular formula is C20H18N4O4S. The van der Waals surface area contributed by atoms with Gasteiger partial charge in [-0.3, -0.25) is 19.7 Å². The molecule has 8 nitrogen and oxygen atoms in total. The van der Waals surface area contributed by atoms with Crippen LogP contribution in [0.4, 0.5) is 10.8 Å². The highest BCUT2D eigenvalue weighted by atomic mass is 32.1. The Labute approximate surface area is 170 Å². The molecule has 0 spiro atoms. The number of rotatable bonds is 7. The number of nitrogens with zero attached hydrogens (tertiary/aromatic N) is 1. The molecule has 1 fully saturated rings. The lowest BCUT2D eigenvalue weighted by Gasteiger charge is -2.10. The summed E-state index contributed by atoms with van der Waals surface area (Å²) in [7, 11) is 0. The van der Waals surface area contributed by atoms with Gasteiger partial charge in [-0.05, 0) is 37.1 Å². The molecule has 1 saturated carbocycles. The quantitative estimate of drug-likeness (QED) is 0.554. The van der Waals surface area contributed by atoms with E-state index in [2.05, 4.69) is 20.9 Å². The highest BCUT2D eigenvalue weighted by Crippen LogP contribution is 2.22. The molecule has 148 valence electrons. The molecule has 29 heavy (non-hydrogen) atoms. The zero-order valence-electron chi connectivity index (χ0n) is 15.3. The minimum absolute atomic E-state index is 0.0195. The lowest BCUT2D eigenvalue weighted by atomic mass is 10.1. The van der Waals surface area contributed by atoms with E-state index in [9.17, 15) is 14.4 Å². The van der Waals surface area contributed by atoms with Gasteiger partial charge in [0.15, 0.2) is 10.9 Å². The van der Waals surface area contributed by atoms with Crippen LogP contribution >= 0.6 is 11.3 Å². The summed E-state index contributed by atoms with van der Waals surface area (Å²) < 4.78 is 5.03. The number of thiazole rings is 1. The Morgan fingerprint density at radius 1 is 1.07 bits per heavy atom. The molecule has 0 aliphatic heterocycles. The maximum absolute atomic E-state index is 12.4. The number of para-hydroxylation sites is 1. The van der Waals surface area contributed by atoms with E-state index in [1.165, 1.54) is 17.6 Å². The number of nitrogens with one attached hydrogen (secondary N) is 3. The van der Waals surface area contributed by atoms with Crippen LogP contribution in [0.1, 0.15) is 39.4 Å². The van der Waals surface area contributed by atoms with Gasteiger partial charge in [-0.25, -0.2) is 4.98 Å². The molecule has 2 aromatic heterocycles. The molecule has 3 amide bonds. The summed E-state index contributed by atoms with van der Waals surface area (Å²) in [6.07, 6.45) is 3.41. The molecule has 2 heterocycles. The fourth-order valence-electron chi connectivity index (χ4n) is 2.65. The van der Waals surface area contributed by atoms with E-state index in [1.54, 1.807) is 41.8 Å². The first-order valence-corrected chi connectivity index (χ1v) is 9.95. The van der Waals surface area contributed by atoms with E-state index < -0.39 is 5.91 Å². The molecule has 1 aliphatic rings. The number of amides is 3. The van der Waals surface area contributed by atoms with Crippen LogP contribution in [0, 0.1) is 0 Å². The minimum Gasteiger partial charge on any atom is -0.459 e. The monoisotopic (exact) mass is 410 g/mol. The van der Waals surface area contributed by atoms with E-state index >= 15 is 0 Å². The zero-order chi connectivity index (χ0) is 20.2. The third kappa shape index (κ3) is 4.88. The smallest absolute Gasteiger partial charge is 0.293 e. The van der Waals surface area contributed by atoms with Gasteiger partial charge in [-0.1, -0.05) is 12.1 Å². The summed E-state index contributed by atoms with van der Waals surface area (Å²) in [5.74, 6) is -0.720. The van der Waals surface area contributed by atoms with Gasteiger partial charge in [0.1, 0.15) is 0 Å². The molecule has 3 aromatic rings. The second-order valence-corrected chi connectivity index (χ2v) is 7.45. The molecule has 0 saturated heterocycles. The molecule has 4 rings (SSSR count). The van der Waals surface area contributed by atoms with Crippen LogP contribution in [-0.2, 0) is 11.2 Å². The molecule has 9 heteroatoms. The average molecular weight is 410 g/mol. The zero-order valence-corrected chi connectivity index (χ0v) is 16.1. The number of anilines is 2. The van der Waals surface area contributed by atoms with Crippen molar-refractivity contribution in [2.24, 2.45) is 0 Å². The Morgan fingerprint density at radius 2 is 1.90 bits per heavy atom. The minimum atomic E-state index is -0.407. The number of carbonyl (C=O) groups is 3. The van der Waals surface area contributed by atoms with Crippen LogP contribution in [0.25, 0.3) is 0 Å². The molecule has 0 bridgehead atoms. The van der Waals surface area contributed by atoms with Crippen molar-refractivity contribution < 1.29 is 18.8 Å². The summed E-state index contributed by atoms with van der Waals surface area (Å²) >= 11 is 1.22. The fraction of sp³-hybridized carbons (Fsp3) is 0.200. The summed E-state index contributed by atoms with van der Waals surface area (Å²) in [6.45, 7) is 0. The highest BCUT2D eigenvalue weighted by molar-refractivity contribution is 7.14. The van der Waals surface area contributed by atoms with Gasteiger partial charge in [0.05, 0.1) is 29.6 Å². The lowest BCUT2D eigenvalue weighted by molar-refractivity contribution is -0.115. The largest absolute Gasteiger partial charge is 0.459 e. The van der Waals surface area contributed by atoms with Gasteiger partial charge in [-0.15, -0.1) is 11.3 Å². The van der Waals surface area contributed by atoms with E-state index in [4.69, 9.17) is 4.42 Å². The van der Waals surface area contributed by atoms with Gasteiger partial charge in [0, 0.05) is 11.4 Å². The predicted molar refractivity (Wildman–Crippen MR) is 108 cm³/mol. The molecule has 0 atom stereocenters. The van der Waals surface area contributed by atoms with Crippen LogP contribution < -0.4 is 16.0 Å². The van der Waals surface area contributed by atoms with Crippen LogP contribution in [0.15, 0.2) is 52.5 Å². The van der Waals surface area contributed by atoms with Crippen molar-refractivity contribution in [1.82, 2.24) is 10.3 Å². The second kappa shape index (κ2) is 8.27. The van der Waals surface area contributed by atoms with E-state index in [0.29, 0.717) is 22.1 Å². The Bertz CT molecular complexity index is 1040. The van der Waals surface area contributed by atoms with Crippen molar-refractivity contribution in [1.29, 1.82) is 0 Å². The van der Waals surface area contributed by atoms with Crippen molar-refractivity contribution in [2.45, 2.75) is 25.3 Å². The van der Waals surface area contributed by atoms with Crippen LogP contribution in [0.5, 0.6) is 0 Å². The average Bonchev–Trinajstić information content (AvgIpc) is 3.17. The van der Waals surface area contributed by atoms with Crippen LogP contribution in [0.2, 0.25) is 0 Å². The number of furan rings is 1. The van der Waals surface area contributed by atoms with Gasteiger partial charge in [0.2, 0.25) is 5.91 Å². The number of carbonyl (C=O) groups excluding carboxylic acids is 3. The van der Waals surface area contributed by atoms with E-state index in [1.807, 2.05) is 0 Å². The van der Waals surface area contributed by atoms with Crippen molar-refractivity contribution >= 4 is 39.9 Å². The SMILES string of the molecule is O=C(Cc1csc(NC(=O)c2ccco2)n1)Nc1ccccc1C(=O)NC1CC1. The predicted octanol–water partition coefficient (Wildman–Crippen LogP) is 3.06. The van der Waals surface area contributed by atoms with E-state index in [-0.39, 0.29) is 30.0 Å². The summed E-state index contributed by atoms with van der Waals surface area (Å²) in [4.78, 5) is 41.0. The number of aromatic nitrogens is 1. The maximum atomic E-state index is 12.4. The Morgan fingerprint density at radius 3 is 2.66 bits per heavy atom. The Hall–Kier alpha value is -3.46. The van der Waals surface area contributed by atoms with Crippen molar-refractivity contribution in [3.8, 4) is 0 Å². The van der Waals surface area contributed by atoms with E-state index in [0.717, 1.165) is 12.8 Å². The van der Waals surface area contributed by atoms with Gasteiger partial charge in [-0.2, -0.15) is 0 Å². The molecule has 0 radical (unpaired) electrons. The third-order valence-corrected chi connectivity index (χ3v) is 5.02. The number of hydrogen-bond acceptors (Lipinski definition) is 6. The normalized spacial score (nSPS) is 13.0.